The fraction of sp³-hybridized carbons (Fsp3) is 0.833. The molecule has 0 saturated heterocycles. The minimum atomic E-state index is 0.315. The minimum Gasteiger partial charge on any atom is -0.103 e. The SMILES string of the molecule is C=CC(CCCCC)(CCCCCC(C)CCC)C(C)/C=C/CC. The maximum Gasteiger partial charge on any atom is -0.00608 e. The second kappa shape index (κ2) is 14.8. The van der Waals surface area contributed by atoms with E-state index in [0.29, 0.717) is 11.3 Å². The maximum absolute atomic E-state index is 4.26. The summed E-state index contributed by atoms with van der Waals surface area (Å²) in [4.78, 5) is 0. The average molecular weight is 335 g/mol. The first kappa shape index (κ1) is 23.5. The Labute approximate surface area is 154 Å². The van der Waals surface area contributed by atoms with Crippen LogP contribution in [0.1, 0.15) is 112 Å². The Morgan fingerprint density at radius 3 is 2.04 bits per heavy atom. The molecule has 0 heterocycles. The van der Waals surface area contributed by atoms with Gasteiger partial charge < -0.3 is 0 Å². The van der Waals surface area contributed by atoms with Crippen molar-refractivity contribution < 1.29 is 0 Å². The van der Waals surface area contributed by atoms with Crippen molar-refractivity contribution in [1.29, 1.82) is 0 Å². The van der Waals surface area contributed by atoms with Crippen LogP contribution in [0, 0.1) is 17.3 Å². The third-order valence-electron chi connectivity index (χ3n) is 5.84. The number of hydrogen-bond acceptors (Lipinski definition) is 0. The van der Waals surface area contributed by atoms with Gasteiger partial charge in [-0.05, 0) is 36.5 Å². The fourth-order valence-corrected chi connectivity index (χ4v) is 3.97. The molecule has 0 saturated carbocycles. The predicted octanol–water partition coefficient (Wildman–Crippen LogP) is 8.73. The van der Waals surface area contributed by atoms with Gasteiger partial charge in [-0.25, -0.2) is 0 Å². The van der Waals surface area contributed by atoms with Gasteiger partial charge in [0.1, 0.15) is 0 Å². The van der Waals surface area contributed by atoms with Gasteiger partial charge in [-0.3, -0.25) is 0 Å². The summed E-state index contributed by atoms with van der Waals surface area (Å²) in [7, 11) is 0. The van der Waals surface area contributed by atoms with E-state index in [-0.39, 0.29) is 0 Å². The molecule has 0 nitrogen and oxygen atoms in total. The lowest BCUT2D eigenvalue weighted by molar-refractivity contribution is 0.230. The van der Waals surface area contributed by atoms with Gasteiger partial charge in [-0.1, -0.05) is 111 Å². The number of unbranched alkanes of at least 4 members (excludes halogenated alkanes) is 4. The standard InChI is InChI=1S/C24H46/c1-7-11-15-20-24(10-4,23(6)19-12-8-2)21-16-13-14-18-22(5)17-9-3/h10,12,19,22-23H,4,7-9,11,13-18,20-21H2,1-3,5-6H3/b19-12+. The Balaban J connectivity index is 4.51. The Hall–Kier alpha value is -0.520. The highest BCUT2D eigenvalue weighted by atomic mass is 14.3. The van der Waals surface area contributed by atoms with Crippen LogP contribution in [-0.4, -0.2) is 0 Å². The zero-order chi connectivity index (χ0) is 18.3. The monoisotopic (exact) mass is 334 g/mol. The van der Waals surface area contributed by atoms with Crippen molar-refractivity contribution in [2.75, 3.05) is 0 Å². The third kappa shape index (κ3) is 9.70. The van der Waals surface area contributed by atoms with E-state index in [4.69, 9.17) is 0 Å². The van der Waals surface area contributed by atoms with Crippen LogP contribution in [0.2, 0.25) is 0 Å². The second-order valence-electron chi connectivity index (χ2n) is 8.01. The van der Waals surface area contributed by atoms with Crippen LogP contribution in [0.3, 0.4) is 0 Å². The van der Waals surface area contributed by atoms with E-state index in [0.717, 1.165) is 12.3 Å². The molecule has 0 aromatic heterocycles. The predicted molar refractivity (Wildman–Crippen MR) is 113 cm³/mol. The molecule has 0 rings (SSSR count). The minimum absolute atomic E-state index is 0.315. The highest BCUT2D eigenvalue weighted by Gasteiger charge is 2.30. The van der Waals surface area contributed by atoms with E-state index in [1.54, 1.807) is 0 Å². The summed E-state index contributed by atoms with van der Waals surface area (Å²) in [5, 5.41) is 0. The first-order valence-electron chi connectivity index (χ1n) is 10.9. The van der Waals surface area contributed by atoms with E-state index in [1.165, 1.54) is 70.6 Å². The molecule has 0 amide bonds. The molecular weight excluding hydrogens is 288 g/mol. The highest BCUT2D eigenvalue weighted by molar-refractivity contribution is 5.05. The molecule has 0 bridgehead atoms. The van der Waals surface area contributed by atoms with Gasteiger partial charge in [-0.2, -0.15) is 0 Å². The molecule has 0 radical (unpaired) electrons. The van der Waals surface area contributed by atoms with Crippen LogP contribution in [0.15, 0.2) is 24.8 Å². The van der Waals surface area contributed by atoms with E-state index in [9.17, 15) is 0 Å². The van der Waals surface area contributed by atoms with Crippen LogP contribution in [0.4, 0.5) is 0 Å². The summed E-state index contributed by atoms with van der Waals surface area (Å²) >= 11 is 0. The average Bonchev–Trinajstić information content (AvgIpc) is 2.58. The molecular formula is C24H46. The van der Waals surface area contributed by atoms with Gasteiger partial charge in [0.15, 0.2) is 0 Å². The molecule has 0 spiro atoms. The van der Waals surface area contributed by atoms with Crippen LogP contribution < -0.4 is 0 Å². The van der Waals surface area contributed by atoms with Crippen LogP contribution >= 0.6 is 0 Å². The topological polar surface area (TPSA) is 0 Å². The van der Waals surface area contributed by atoms with Crippen molar-refractivity contribution in [3.63, 3.8) is 0 Å². The molecule has 3 unspecified atom stereocenters. The van der Waals surface area contributed by atoms with E-state index in [2.05, 4.69) is 59.4 Å². The molecule has 0 N–H and O–H groups in total. The lowest BCUT2D eigenvalue weighted by Gasteiger charge is -2.36. The molecule has 0 aliphatic rings. The zero-order valence-corrected chi connectivity index (χ0v) is 17.6. The molecule has 142 valence electrons. The van der Waals surface area contributed by atoms with Crippen LogP contribution in [0.5, 0.6) is 0 Å². The molecule has 0 aliphatic heterocycles. The zero-order valence-electron chi connectivity index (χ0n) is 17.6. The largest absolute Gasteiger partial charge is 0.103 e. The number of allylic oxidation sites excluding steroid dienone is 3. The smallest absolute Gasteiger partial charge is 0.00608 e. The summed E-state index contributed by atoms with van der Waals surface area (Å²) in [6.07, 6.45) is 23.2. The molecule has 0 aromatic carbocycles. The summed E-state index contributed by atoms with van der Waals surface area (Å²) in [5.74, 6) is 1.53. The molecule has 0 aromatic rings. The Kier molecular flexibility index (Phi) is 14.5. The third-order valence-corrected chi connectivity index (χ3v) is 5.84. The molecule has 24 heavy (non-hydrogen) atoms. The summed E-state index contributed by atoms with van der Waals surface area (Å²) in [5.41, 5.74) is 0.315. The van der Waals surface area contributed by atoms with Crippen molar-refractivity contribution in [3.05, 3.63) is 24.8 Å². The molecule has 0 heteroatoms. The second-order valence-corrected chi connectivity index (χ2v) is 8.01. The Bertz CT molecular complexity index is 314. The summed E-state index contributed by atoms with van der Waals surface area (Å²) in [6.45, 7) is 15.9. The molecule has 0 fully saturated rings. The Morgan fingerprint density at radius 2 is 1.50 bits per heavy atom. The van der Waals surface area contributed by atoms with Crippen LogP contribution in [0.25, 0.3) is 0 Å². The van der Waals surface area contributed by atoms with E-state index in [1.807, 2.05) is 0 Å². The Morgan fingerprint density at radius 1 is 0.833 bits per heavy atom. The number of hydrogen-bond donors (Lipinski definition) is 0. The fourth-order valence-electron chi connectivity index (χ4n) is 3.97. The van der Waals surface area contributed by atoms with Gasteiger partial charge >= 0.3 is 0 Å². The number of rotatable bonds is 16. The first-order chi connectivity index (χ1) is 11.6. The van der Waals surface area contributed by atoms with E-state index < -0.39 is 0 Å². The van der Waals surface area contributed by atoms with Gasteiger partial charge in [-0.15, -0.1) is 6.58 Å². The molecule has 0 aliphatic carbocycles. The van der Waals surface area contributed by atoms with Crippen molar-refractivity contribution in [2.45, 2.75) is 112 Å². The summed E-state index contributed by atoms with van der Waals surface area (Å²) in [6, 6.07) is 0. The van der Waals surface area contributed by atoms with Crippen molar-refractivity contribution >= 4 is 0 Å². The lowest BCUT2D eigenvalue weighted by atomic mass is 9.69. The van der Waals surface area contributed by atoms with Crippen molar-refractivity contribution in [2.24, 2.45) is 17.3 Å². The van der Waals surface area contributed by atoms with E-state index >= 15 is 0 Å². The maximum atomic E-state index is 4.26. The van der Waals surface area contributed by atoms with Gasteiger partial charge in [0, 0.05) is 0 Å². The van der Waals surface area contributed by atoms with Crippen LogP contribution in [-0.2, 0) is 0 Å². The van der Waals surface area contributed by atoms with Gasteiger partial charge in [0.25, 0.3) is 0 Å². The first-order valence-corrected chi connectivity index (χ1v) is 10.9. The molecule has 3 atom stereocenters. The summed E-state index contributed by atoms with van der Waals surface area (Å²) < 4.78 is 0. The van der Waals surface area contributed by atoms with Gasteiger partial charge in [0.05, 0.1) is 0 Å². The lowest BCUT2D eigenvalue weighted by Crippen LogP contribution is -2.25. The normalized spacial score (nSPS) is 16.9. The van der Waals surface area contributed by atoms with Gasteiger partial charge in [0.2, 0.25) is 0 Å². The quantitative estimate of drug-likeness (QED) is 0.195. The highest BCUT2D eigenvalue weighted by Crippen LogP contribution is 2.41. The van der Waals surface area contributed by atoms with Crippen molar-refractivity contribution in [3.8, 4) is 0 Å². The van der Waals surface area contributed by atoms with Crippen molar-refractivity contribution in [1.82, 2.24) is 0 Å².